The lowest BCUT2D eigenvalue weighted by molar-refractivity contribution is 0.0483. The van der Waals surface area contributed by atoms with Gasteiger partial charge in [0.05, 0.1) is 5.69 Å². The number of nitrogens with zero attached hydrogens (tertiary/aromatic N) is 2. The van der Waals surface area contributed by atoms with Crippen LogP contribution in [0.15, 0.2) is 24.4 Å². The van der Waals surface area contributed by atoms with Crippen LogP contribution in [-0.2, 0) is 0 Å². The minimum absolute atomic E-state index is 0.273. The number of piperazine rings is 1. The molecule has 3 heteroatoms. The molecule has 3 nitrogen and oxygen atoms in total. The highest BCUT2D eigenvalue weighted by atomic mass is 15.3. The molecule has 0 amide bonds. The van der Waals surface area contributed by atoms with Crippen LogP contribution in [0.4, 0.5) is 0 Å². The van der Waals surface area contributed by atoms with E-state index in [1.807, 2.05) is 12.3 Å². The van der Waals surface area contributed by atoms with Crippen molar-refractivity contribution in [1.82, 2.24) is 15.2 Å². The van der Waals surface area contributed by atoms with Gasteiger partial charge in [-0.05, 0) is 38.8 Å². The number of rotatable bonds is 4. The minimum atomic E-state index is 0.273. The maximum absolute atomic E-state index is 4.53. The number of nitrogens with one attached hydrogen (secondary N) is 1. The fourth-order valence-corrected chi connectivity index (χ4v) is 3.08. The predicted molar refractivity (Wildman–Crippen MR) is 80.1 cm³/mol. The van der Waals surface area contributed by atoms with Crippen molar-refractivity contribution in [2.75, 3.05) is 13.1 Å². The molecule has 106 valence electrons. The Morgan fingerprint density at radius 2 is 2.16 bits per heavy atom. The Balaban J connectivity index is 2.17. The van der Waals surface area contributed by atoms with Crippen LogP contribution in [-0.4, -0.2) is 34.6 Å². The van der Waals surface area contributed by atoms with Crippen LogP contribution in [0.5, 0.6) is 0 Å². The topological polar surface area (TPSA) is 28.2 Å². The molecule has 0 saturated carbocycles. The number of hydrogen-bond acceptors (Lipinski definition) is 3. The Morgan fingerprint density at radius 3 is 2.74 bits per heavy atom. The van der Waals surface area contributed by atoms with E-state index in [4.69, 9.17) is 0 Å². The van der Waals surface area contributed by atoms with Crippen LogP contribution in [0.2, 0.25) is 0 Å². The van der Waals surface area contributed by atoms with E-state index < -0.39 is 0 Å². The van der Waals surface area contributed by atoms with E-state index >= 15 is 0 Å². The van der Waals surface area contributed by atoms with Gasteiger partial charge < -0.3 is 5.32 Å². The summed E-state index contributed by atoms with van der Waals surface area (Å²) in [4.78, 5) is 7.13. The molecule has 2 atom stereocenters. The molecule has 0 aromatic carbocycles. The molecule has 1 aromatic rings. The lowest BCUT2D eigenvalue weighted by Crippen LogP contribution is -2.63. The van der Waals surface area contributed by atoms with E-state index in [9.17, 15) is 0 Å². The van der Waals surface area contributed by atoms with Gasteiger partial charge in [0.2, 0.25) is 0 Å². The zero-order valence-electron chi connectivity index (χ0n) is 12.7. The molecule has 0 bridgehead atoms. The molecular weight excluding hydrogens is 234 g/mol. The van der Waals surface area contributed by atoms with E-state index in [1.54, 1.807) is 0 Å². The number of hydrogen-bond donors (Lipinski definition) is 1. The van der Waals surface area contributed by atoms with Crippen LogP contribution < -0.4 is 5.32 Å². The second-order valence-electron chi connectivity index (χ2n) is 5.82. The van der Waals surface area contributed by atoms with Gasteiger partial charge in [0.25, 0.3) is 0 Å². The van der Waals surface area contributed by atoms with Crippen molar-refractivity contribution in [3.05, 3.63) is 30.1 Å². The fourth-order valence-electron chi connectivity index (χ4n) is 3.08. The Morgan fingerprint density at radius 1 is 1.42 bits per heavy atom. The van der Waals surface area contributed by atoms with E-state index in [1.165, 1.54) is 18.5 Å². The van der Waals surface area contributed by atoms with Crippen LogP contribution in [0.1, 0.15) is 52.3 Å². The third-order valence-electron chi connectivity index (χ3n) is 4.79. The molecule has 1 N–H and O–H groups in total. The van der Waals surface area contributed by atoms with E-state index in [2.05, 4.69) is 55.0 Å². The predicted octanol–water partition coefficient (Wildman–Crippen LogP) is 3.00. The minimum Gasteiger partial charge on any atom is -0.308 e. The molecular formula is C16H27N3. The molecule has 2 heterocycles. The monoisotopic (exact) mass is 261 g/mol. The van der Waals surface area contributed by atoms with Gasteiger partial charge in [-0.2, -0.15) is 0 Å². The summed E-state index contributed by atoms with van der Waals surface area (Å²) in [5.74, 6) is 0. The van der Waals surface area contributed by atoms with Gasteiger partial charge in [0, 0.05) is 36.9 Å². The molecule has 2 rings (SSSR count). The SMILES string of the molecule is CCC1(CC)CN(C(C)c2ccccn2)C(C)CN1. The highest BCUT2D eigenvalue weighted by Gasteiger charge is 2.37. The molecule has 1 fully saturated rings. The van der Waals surface area contributed by atoms with E-state index in [0.717, 1.165) is 13.1 Å². The van der Waals surface area contributed by atoms with Gasteiger partial charge in [0.1, 0.15) is 0 Å². The van der Waals surface area contributed by atoms with Crippen molar-refractivity contribution in [1.29, 1.82) is 0 Å². The normalized spacial score (nSPS) is 25.2. The summed E-state index contributed by atoms with van der Waals surface area (Å²) < 4.78 is 0. The fraction of sp³-hybridized carbons (Fsp3) is 0.688. The van der Waals surface area contributed by atoms with Gasteiger partial charge in [-0.25, -0.2) is 0 Å². The second kappa shape index (κ2) is 6.02. The van der Waals surface area contributed by atoms with Gasteiger partial charge in [-0.15, -0.1) is 0 Å². The van der Waals surface area contributed by atoms with Crippen molar-refractivity contribution in [2.45, 2.75) is 58.2 Å². The first kappa shape index (κ1) is 14.5. The maximum Gasteiger partial charge on any atom is 0.0572 e. The van der Waals surface area contributed by atoms with Crippen molar-refractivity contribution >= 4 is 0 Å². The molecule has 2 unspecified atom stereocenters. The van der Waals surface area contributed by atoms with Crippen LogP contribution in [0.25, 0.3) is 0 Å². The third-order valence-corrected chi connectivity index (χ3v) is 4.79. The highest BCUT2D eigenvalue weighted by Crippen LogP contribution is 2.29. The van der Waals surface area contributed by atoms with Crippen LogP contribution >= 0.6 is 0 Å². The van der Waals surface area contributed by atoms with Gasteiger partial charge in [-0.1, -0.05) is 19.9 Å². The number of pyridine rings is 1. The summed E-state index contributed by atoms with van der Waals surface area (Å²) in [7, 11) is 0. The van der Waals surface area contributed by atoms with Gasteiger partial charge >= 0.3 is 0 Å². The summed E-state index contributed by atoms with van der Waals surface area (Å²) in [5.41, 5.74) is 1.45. The lowest BCUT2D eigenvalue weighted by atomic mass is 9.87. The molecule has 1 aliphatic heterocycles. The summed E-state index contributed by atoms with van der Waals surface area (Å²) in [5, 5.41) is 3.76. The summed E-state index contributed by atoms with van der Waals surface area (Å²) in [6.45, 7) is 11.3. The first-order valence-electron chi connectivity index (χ1n) is 7.53. The summed E-state index contributed by atoms with van der Waals surface area (Å²) >= 11 is 0. The first-order valence-corrected chi connectivity index (χ1v) is 7.53. The smallest absolute Gasteiger partial charge is 0.0572 e. The average molecular weight is 261 g/mol. The zero-order chi connectivity index (χ0) is 13.9. The molecule has 0 radical (unpaired) electrons. The summed E-state index contributed by atoms with van der Waals surface area (Å²) in [6, 6.07) is 7.15. The van der Waals surface area contributed by atoms with Gasteiger partial charge in [-0.3, -0.25) is 9.88 Å². The van der Waals surface area contributed by atoms with Crippen LogP contribution in [0, 0.1) is 0 Å². The molecule has 0 spiro atoms. The Labute approximate surface area is 117 Å². The Kier molecular flexibility index (Phi) is 4.58. The third kappa shape index (κ3) is 2.98. The van der Waals surface area contributed by atoms with Crippen LogP contribution in [0.3, 0.4) is 0 Å². The van der Waals surface area contributed by atoms with Crippen molar-refractivity contribution in [2.24, 2.45) is 0 Å². The maximum atomic E-state index is 4.53. The molecule has 1 saturated heterocycles. The Hall–Kier alpha value is -0.930. The molecule has 1 aromatic heterocycles. The lowest BCUT2D eigenvalue weighted by Gasteiger charge is -2.48. The van der Waals surface area contributed by atoms with Crippen molar-refractivity contribution in [3.63, 3.8) is 0 Å². The summed E-state index contributed by atoms with van der Waals surface area (Å²) in [6.07, 6.45) is 4.26. The van der Waals surface area contributed by atoms with E-state index in [-0.39, 0.29) is 5.54 Å². The Bertz CT molecular complexity index is 386. The zero-order valence-corrected chi connectivity index (χ0v) is 12.7. The molecule has 0 aliphatic carbocycles. The van der Waals surface area contributed by atoms with Crippen molar-refractivity contribution in [3.8, 4) is 0 Å². The number of aromatic nitrogens is 1. The largest absolute Gasteiger partial charge is 0.308 e. The second-order valence-corrected chi connectivity index (χ2v) is 5.82. The standard InChI is InChI=1S/C16H27N3/c1-5-16(6-2)12-19(13(3)11-18-16)14(4)15-9-7-8-10-17-15/h7-10,13-14,18H,5-6,11-12H2,1-4H3. The molecule has 1 aliphatic rings. The molecule has 19 heavy (non-hydrogen) atoms. The van der Waals surface area contributed by atoms with Gasteiger partial charge in [0.15, 0.2) is 0 Å². The first-order chi connectivity index (χ1) is 9.12. The quantitative estimate of drug-likeness (QED) is 0.903. The highest BCUT2D eigenvalue weighted by molar-refractivity contribution is 5.10. The van der Waals surface area contributed by atoms with Crippen molar-refractivity contribution < 1.29 is 0 Å². The average Bonchev–Trinajstić information content (AvgIpc) is 2.48. The van der Waals surface area contributed by atoms with E-state index in [0.29, 0.717) is 12.1 Å².